The molecule has 2 rings (SSSR count). The van der Waals surface area contributed by atoms with Gasteiger partial charge in [0.15, 0.2) is 0 Å². The number of ketones is 1. The van der Waals surface area contributed by atoms with Gasteiger partial charge in [-0.25, -0.2) is 0 Å². The Balaban J connectivity index is 1.57. The van der Waals surface area contributed by atoms with Crippen molar-refractivity contribution in [1.82, 2.24) is 5.32 Å². The number of ether oxygens (including phenoxy) is 1. The van der Waals surface area contributed by atoms with Crippen LogP contribution in [0, 0.1) is 5.92 Å². The number of allylic oxidation sites excluding steroid dienone is 1. The Kier molecular flexibility index (Phi) is 6.74. The normalized spacial score (nSPS) is 29.1. The minimum Gasteiger partial charge on any atom is -0.378 e. The number of piperidine rings is 1. The van der Waals surface area contributed by atoms with Gasteiger partial charge in [-0.15, -0.1) is 6.58 Å². The van der Waals surface area contributed by atoms with Gasteiger partial charge in [0.2, 0.25) is 0 Å². The summed E-state index contributed by atoms with van der Waals surface area (Å²) in [4.78, 5) is 12.3. The number of hydrogen-bond donors (Lipinski definition) is 1. The third-order valence-electron chi connectivity index (χ3n) is 4.53. The lowest BCUT2D eigenvalue weighted by molar-refractivity contribution is -0.126. The lowest BCUT2D eigenvalue weighted by Crippen LogP contribution is -2.55. The molecular weight excluding hydrogens is 250 g/mol. The average molecular weight is 279 g/mol. The zero-order chi connectivity index (χ0) is 14.2. The first-order chi connectivity index (χ1) is 9.79. The molecule has 0 radical (unpaired) electrons. The quantitative estimate of drug-likeness (QED) is 0.520. The topological polar surface area (TPSA) is 38.3 Å². The summed E-state index contributed by atoms with van der Waals surface area (Å²) in [5, 5.41) is 3.55. The third-order valence-corrected chi connectivity index (χ3v) is 4.53. The van der Waals surface area contributed by atoms with Crippen LogP contribution in [-0.2, 0) is 9.53 Å². The zero-order valence-electron chi connectivity index (χ0n) is 12.6. The average Bonchev–Trinajstić information content (AvgIpc) is 2.45. The van der Waals surface area contributed by atoms with Crippen molar-refractivity contribution in [3.8, 4) is 0 Å². The van der Waals surface area contributed by atoms with Gasteiger partial charge < -0.3 is 10.1 Å². The number of nitrogens with one attached hydrogen (secondary N) is 1. The summed E-state index contributed by atoms with van der Waals surface area (Å²) in [6.07, 6.45) is 11.9. The summed E-state index contributed by atoms with van der Waals surface area (Å²) < 4.78 is 5.53. The summed E-state index contributed by atoms with van der Waals surface area (Å²) in [7, 11) is 0. The highest BCUT2D eigenvalue weighted by atomic mass is 16.5. The van der Waals surface area contributed by atoms with Gasteiger partial charge in [0.25, 0.3) is 0 Å². The molecule has 2 atom stereocenters. The maximum absolute atomic E-state index is 12.3. The highest BCUT2D eigenvalue weighted by Gasteiger charge is 2.34. The Morgan fingerprint density at radius 3 is 2.45 bits per heavy atom. The van der Waals surface area contributed by atoms with Gasteiger partial charge >= 0.3 is 0 Å². The van der Waals surface area contributed by atoms with Crippen molar-refractivity contribution in [2.75, 3.05) is 13.2 Å². The molecule has 2 aliphatic rings. The third kappa shape index (κ3) is 5.02. The first-order valence-corrected chi connectivity index (χ1v) is 8.27. The maximum Gasteiger partial charge on any atom is 0.136 e. The molecule has 0 aromatic carbocycles. The van der Waals surface area contributed by atoms with E-state index in [4.69, 9.17) is 4.74 Å². The van der Waals surface area contributed by atoms with Crippen molar-refractivity contribution >= 4 is 5.78 Å². The van der Waals surface area contributed by atoms with Crippen LogP contribution in [0.4, 0.5) is 0 Å². The Morgan fingerprint density at radius 1 is 1.10 bits per heavy atom. The van der Waals surface area contributed by atoms with E-state index in [2.05, 4.69) is 11.9 Å². The summed E-state index contributed by atoms with van der Waals surface area (Å²) >= 11 is 0. The predicted octanol–water partition coefficient (Wildman–Crippen LogP) is 3.24. The molecule has 2 bridgehead atoms. The standard InChI is InChI=1S/C17H29NO2/c1-2-3-4-5-6-7-8-9-17(19)14-10-15-12-20-13-16(11-14)18-15/h2,14-16,18H,1,3-13H2. The molecule has 2 fully saturated rings. The highest BCUT2D eigenvalue weighted by molar-refractivity contribution is 5.81. The molecule has 2 unspecified atom stereocenters. The van der Waals surface area contributed by atoms with E-state index < -0.39 is 0 Å². The summed E-state index contributed by atoms with van der Waals surface area (Å²) in [5.74, 6) is 0.783. The van der Waals surface area contributed by atoms with E-state index in [1.807, 2.05) is 6.08 Å². The fourth-order valence-electron chi connectivity index (χ4n) is 3.42. The number of carbonyl (C=O) groups excluding carboxylic acids is 1. The lowest BCUT2D eigenvalue weighted by Gasteiger charge is -2.39. The monoisotopic (exact) mass is 279 g/mol. The smallest absolute Gasteiger partial charge is 0.136 e. The minimum atomic E-state index is 0.288. The minimum absolute atomic E-state index is 0.288. The van der Waals surface area contributed by atoms with Crippen LogP contribution in [0.25, 0.3) is 0 Å². The number of unbranched alkanes of at least 4 members (excludes halogenated alkanes) is 5. The molecule has 2 saturated heterocycles. The molecule has 0 spiro atoms. The lowest BCUT2D eigenvalue weighted by atomic mass is 9.83. The SMILES string of the molecule is C=CCCCCCCCC(=O)C1CC2COCC(C1)N2. The molecule has 0 saturated carbocycles. The Bertz CT molecular complexity index is 304. The highest BCUT2D eigenvalue weighted by Crippen LogP contribution is 2.26. The number of fused-ring (bicyclic) bond motifs is 2. The molecular formula is C17H29NO2. The van der Waals surface area contributed by atoms with E-state index in [0.29, 0.717) is 17.9 Å². The molecule has 1 N–H and O–H groups in total. The fraction of sp³-hybridized carbons (Fsp3) is 0.824. The van der Waals surface area contributed by atoms with Gasteiger partial charge in [0.1, 0.15) is 5.78 Å². The van der Waals surface area contributed by atoms with Gasteiger partial charge in [0.05, 0.1) is 13.2 Å². The van der Waals surface area contributed by atoms with Crippen molar-refractivity contribution in [2.45, 2.75) is 69.9 Å². The van der Waals surface area contributed by atoms with Crippen molar-refractivity contribution in [3.63, 3.8) is 0 Å². The van der Waals surface area contributed by atoms with Crippen molar-refractivity contribution in [2.24, 2.45) is 5.92 Å². The van der Waals surface area contributed by atoms with Crippen LogP contribution in [0.2, 0.25) is 0 Å². The van der Waals surface area contributed by atoms with Gasteiger partial charge in [0, 0.05) is 24.4 Å². The van der Waals surface area contributed by atoms with Crippen molar-refractivity contribution in [1.29, 1.82) is 0 Å². The van der Waals surface area contributed by atoms with Crippen LogP contribution >= 0.6 is 0 Å². The first-order valence-electron chi connectivity index (χ1n) is 8.27. The van der Waals surface area contributed by atoms with E-state index >= 15 is 0 Å². The molecule has 2 aliphatic heterocycles. The van der Waals surface area contributed by atoms with E-state index in [1.165, 1.54) is 25.7 Å². The van der Waals surface area contributed by atoms with E-state index in [-0.39, 0.29) is 5.92 Å². The second-order valence-corrected chi connectivity index (χ2v) is 6.33. The number of morpholine rings is 1. The number of Topliss-reactive ketones (excluding diaryl/α,β-unsaturated/α-hetero) is 1. The number of rotatable bonds is 9. The second-order valence-electron chi connectivity index (χ2n) is 6.33. The molecule has 20 heavy (non-hydrogen) atoms. The zero-order valence-corrected chi connectivity index (χ0v) is 12.6. The van der Waals surface area contributed by atoms with Crippen LogP contribution in [0.5, 0.6) is 0 Å². The Hall–Kier alpha value is -0.670. The van der Waals surface area contributed by atoms with E-state index in [0.717, 1.165) is 45.3 Å². The van der Waals surface area contributed by atoms with Crippen molar-refractivity contribution in [3.05, 3.63) is 12.7 Å². The van der Waals surface area contributed by atoms with Crippen LogP contribution in [0.3, 0.4) is 0 Å². The van der Waals surface area contributed by atoms with E-state index in [1.54, 1.807) is 0 Å². The predicted molar refractivity (Wildman–Crippen MR) is 81.8 cm³/mol. The molecule has 3 heteroatoms. The number of carbonyl (C=O) groups is 1. The van der Waals surface area contributed by atoms with Crippen LogP contribution < -0.4 is 5.32 Å². The van der Waals surface area contributed by atoms with Gasteiger partial charge in [-0.3, -0.25) is 4.79 Å². The fourth-order valence-corrected chi connectivity index (χ4v) is 3.42. The van der Waals surface area contributed by atoms with Crippen molar-refractivity contribution < 1.29 is 9.53 Å². The Morgan fingerprint density at radius 2 is 1.75 bits per heavy atom. The van der Waals surface area contributed by atoms with Gasteiger partial charge in [-0.05, 0) is 32.1 Å². The Labute approximate surface area is 123 Å². The molecule has 0 aromatic heterocycles. The first kappa shape index (κ1) is 15.7. The molecule has 114 valence electrons. The summed E-state index contributed by atoms with van der Waals surface area (Å²) in [6, 6.07) is 0.825. The second kappa shape index (κ2) is 8.58. The molecule has 3 nitrogen and oxygen atoms in total. The maximum atomic E-state index is 12.3. The molecule has 2 heterocycles. The van der Waals surface area contributed by atoms with Gasteiger partial charge in [-0.2, -0.15) is 0 Å². The van der Waals surface area contributed by atoms with Crippen LogP contribution in [0.1, 0.15) is 57.8 Å². The summed E-state index contributed by atoms with van der Waals surface area (Å²) in [5.41, 5.74) is 0. The molecule has 0 amide bonds. The molecule has 0 aliphatic carbocycles. The van der Waals surface area contributed by atoms with Crippen LogP contribution in [0.15, 0.2) is 12.7 Å². The molecule has 0 aromatic rings. The van der Waals surface area contributed by atoms with Gasteiger partial charge in [-0.1, -0.05) is 25.3 Å². The summed E-state index contributed by atoms with van der Waals surface area (Å²) in [6.45, 7) is 5.30. The van der Waals surface area contributed by atoms with Crippen LogP contribution in [-0.4, -0.2) is 31.1 Å². The van der Waals surface area contributed by atoms with E-state index in [9.17, 15) is 4.79 Å². The largest absolute Gasteiger partial charge is 0.378 e. The number of hydrogen-bond acceptors (Lipinski definition) is 3.